The predicted octanol–water partition coefficient (Wildman–Crippen LogP) is 14.2. The Bertz CT molecular complexity index is 1080. The highest BCUT2D eigenvalue weighted by atomic mass is 14.7. The van der Waals surface area contributed by atoms with Crippen molar-refractivity contribution in [1.82, 2.24) is 0 Å². The van der Waals surface area contributed by atoms with Crippen LogP contribution in [0.25, 0.3) is 0 Å². The molecule has 0 bridgehead atoms. The fourth-order valence-electron chi connectivity index (χ4n) is 19.9. The molecule has 4 unspecified atom stereocenters. The lowest BCUT2D eigenvalue weighted by molar-refractivity contribution is -0.183. The molecule has 0 radical (unpaired) electrons. The Balaban J connectivity index is 1.04. The maximum absolute atomic E-state index is 2.99. The quantitative estimate of drug-likeness (QED) is 0.282. The third kappa shape index (κ3) is 4.56. The van der Waals surface area contributed by atoms with Crippen molar-refractivity contribution in [3.8, 4) is 0 Å². The van der Waals surface area contributed by atoms with Gasteiger partial charge in [-0.3, -0.25) is 0 Å². The lowest BCUT2D eigenvalue weighted by Crippen LogP contribution is -2.60. The van der Waals surface area contributed by atoms with Crippen LogP contribution in [0.2, 0.25) is 0 Å². The Morgan fingerprint density at radius 1 is 0.354 bits per heavy atom. The van der Waals surface area contributed by atoms with Crippen molar-refractivity contribution in [2.45, 2.75) is 196 Å². The standard InChI is InChI=1S/C48H80/c1-7-31-21-25-39-37-23-19-33-13-11-17-41(47(33,5)43(37)27-29-45(31,39)3)35-15-9-10-16-36(35)42-18-12-14-34-20-24-38-40-26-22-32(8-2)46(40,4)30-28-44(38)48(34,42)6/h31-44H,7-30H2,1-6H3/t31-,32-,33-,34-,35?,36?,37-,38-,39-,40-,41?,42?,43-,44-,45+,46+,47-,48-/m0/s1. The van der Waals surface area contributed by atoms with Crippen molar-refractivity contribution in [2.75, 3.05) is 0 Å². The molecule has 0 aliphatic heterocycles. The van der Waals surface area contributed by atoms with Crippen LogP contribution in [-0.2, 0) is 0 Å². The average molecular weight is 657 g/mol. The summed E-state index contributed by atoms with van der Waals surface area (Å²) in [5.41, 5.74) is 2.63. The van der Waals surface area contributed by atoms with Gasteiger partial charge in [0.05, 0.1) is 0 Å². The minimum absolute atomic E-state index is 0.642. The monoisotopic (exact) mass is 657 g/mol. The molecule has 48 heavy (non-hydrogen) atoms. The molecule has 0 heteroatoms. The van der Waals surface area contributed by atoms with Crippen LogP contribution in [-0.4, -0.2) is 0 Å². The highest BCUT2D eigenvalue weighted by molar-refractivity contribution is 5.14. The predicted molar refractivity (Wildman–Crippen MR) is 203 cm³/mol. The summed E-state index contributed by atoms with van der Waals surface area (Å²) in [5.74, 6) is 14.7. The SMILES string of the molecule is CC[C@H]1CC[C@H]2[C@@H]3CC[C@@H]4CCCC(C5CCCCC5C5CCC[C@H]6CC[C@H]7[C@@H]8CC[C@H](CC)[C@@]8(C)CC[C@@H]7[C@]56C)[C@@]4(C)[C@H]3CC[C@]12C. The van der Waals surface area contributed by atoms with E-state index in [1.165, 1.54) is 12.8 Å². The molecule has 9 aliphatic carbocycles. The van der Waals surface area contributed by atoms with E-state index >= 15 is 0 Å². The van der Waals surface area contributed by atoms with Gasteiger partial charge in [-0.1, -0.05) is 80.1 Å². The Kier molecular flexibility index (Phi) is 8.65. The van der Waals surface area contributed by atoms with Gasteiger partial charge >= 0.3 is 0 Å². The summed E-state index contributed by atoms with van der Waals surface area (Å²) in [6.07, 6.45) is 37.8. The summed E-state index contributed by atoms with van der Waals surface area (Å²) in [6, 6.07) is 0. The molecular formula is C48H80. The van der Waals surface area contributed by atoms with E-state index in [0.29, 0.717) is 21.7 Å². The van der Waals surface area contributed by atoms with E-state index in [0.717, 1.165) is 82.9 Å². The largest absolute Gasteiger partial charge is 0.0651 e. The fraction of sp³-hybridized carbons (Fsp3) is 1.00. The second-order valence-corrected chi connectivity index (χ2v) is 22.2. The molecular weight excluding hydrogens is 577 g/mol. The van der Waals surface area contributed by atoms with Crippen LogP contribution in [0, 0.1) is 105 Å². The molecule has 18 atom stereocenters. The molecule has 0 saturated heterocycles. The van der Waals surface area contributed by atoms with Crippen LogP contribution in [0.3, 0.4) is 0 Å². The van der Waals surface area contributed by atoms with E-state index in [1.54, 1.807) is 141 Å². The van der Waals surface area contributed by atoms with Gasteiger partial charge in [-0.25, -0.2) is 0 Å². The first-order valence-electron chi connectivity index (χ1n) is 23.2. The van der Waals surface area contributed by atoms with E-state index in [1.807, 2.05) is 0 Å². The zero-order valence-electron chi connectivity index (χ0n) is 33.1. The molecule has 0 nitrogen and oxygen atoms in total. The molecule has 272 valence electrons. The summed E-state index contributed by atoms with van der Waals surface area (Å²) < 4.78 is 0. The van der Waals surface area contributed by atoms with Crippen molar-refractivity contribution in [3.05, 3.63) is 0 Å². The van der Waals surface area contributed by atoms with Crippen molar-refractivity contribution >= 4 is 0 Å². The van der Waals surface area contributed by atoms with Gasteiger partial charge in [-0.15, -0.1) is 0 Å². The van der Waals surface area contributed by atoms with E-state index in [-0.39, 0.29) is 0 Å². The minimum atomic E-state index is 0.642. The lowest BCUT2D eigenvalue weighted by Gasteiger charge is -2.67. The van der Waals surface area contributed by atoms with Crippen molar-refractivity contribution in [2.24, 2.45) is 105 Å². The van der Waals surface area contributed by atoms with Crippen LogP contribution >= 0.6 is 0 Å². The van der Waals surface area contributed by atoms with Gasteiger partial charge < -0.3 is 0 Å². The van der Waals surface area contributed by atoms with Crippen molar-refractivity contribution in [1.29, 1.82) is 0 Å². The van der Waals surface area contributed by atoms with Gasteiger partial charge in [0, 0.05) is 0 Å². The van der Waals surface area contributed by atoms with Gasteiger partial charge in [0.1, 0.15) is 0 Å². The molecule has 9 rings (SSSR count). The Morgan fingerprint density at radius 3 is 1.19 bits per heavy atom. The zero-order chi connectivity index (χ0) is 33.1. The smallest absolute Gasteiger partial charge is 0.0235 e. The maximum atomic E-state index is 2.99. The first kappa shape index (κ1) is 33.8. The third-order valence-corrected chi connectivity index (χ3v) is 21.9. The molecule has 9 saturated carbocycles. The van der Waals surface area contributed by atoms with Gasteiger partial charge in [-0.2, -0.15) is 0 Å². The van der Waals surface area contributed by atoms with Gasteiger partial charge in [0.25, 0.3) is 0 Å². The second kappa shape index (κ2) is 12.3. The summed E-state index contributed by atoms with van der Waals surface area (Å²) in [5, 5.41) is 0. The van der Waals surface area contributed by atoms with Crippen LogP contribution in [0.5, 0.6) is 0 Å². The zero-order valence-corrected chi connectivity index (χ0v) is 33.1. The minimum Gasteiger partial charge on any atom is -0.0651 e. The van der Waals surface area contributed by atoms with Gasteiger partial charge in [-0.05, 0) is 220 Å². The summed E-state index contributed by atoms with van der Waals surface area (Å²) >= 11 is 0. The molecule has 9 fully saturated rings. The molecule has 0 aromatic rings. The number of hydrogen-bond acceptors (Lipinski definition) is 0. The van der Waals surface area contributed by atoms with E-state index in [2.05, 4.69) is 41.5 Å². The maximum Gasteiger partial charge on any atom is -0.0235 e. The fourth-order valence-corrected chi connectivity index (χ4v) is 19.9. The van der Waals surface area contributed by atoms with Crippen molar-refractivity contribution in [3.63, 3.8) is 0 Å². The number of hydrogen-bond donors (Lipinski definition) is 0. The summed E-state index contributed by atoms with van der Waals surface area (Å²) in [6.45, 7) is 16.6. The molecule has 0 spiro atoms. The van der Waals surface area contributed by atoms with Gasteiger partial charge in [0.2, 0.25) is 0 Å². The lowest BCUT2D eigenvalue weighted by atomic mass is 9.38. The van der Waals surface area contributed by atoms with Crippen molar-refractivity contribution < 1.29 is 0 Å². The topological polar surface area (TPSA) is 0 Å². The summed E-state index contributed by atoms with van der Waals surface area (Å²) in [4.78, 5) is 0. The molecule has 0 aromatic heterocycles. The van der Waals surface area contributed by atoms with Gasteiger partial charge in [0.15, 0.2) is 0 Å². The highest BCUT2D eigenvalue weighted by Crippen LogP contribution is 2.73. The first-order valence-corrected chi connectivity index (χ1v) is 23.2. The Hall–Kier alpha value is 0. The molecule has 9 aliphatic rings. The Morgan fingerprint density at radius 2 is 0.771 bits per heavy atom. The average Bonchev–Trinajstić information content (AvgIpc) is 3.63. The molecule has 0 N–H and O–H groups in total. The Labute approximate surface area is 299 Å². The molecule has 0 aromatic carbocycles. The van der Waals surface area contributed by atoms with Crippen LogP contribution in [0.1, 0.15) is 196 Å². The van der Waals surface area contributed by atoms with E-state index < -0.39 is 0 Å². The van der Waals surface area contributed by atoms with E-state index in [4.69, 9.17) is 0 Å². The number of rotatable bonds is 4. The first-order chi connectivity index (χ1) is 23.2. The second-order valence-electron chi connectivity index (χ2n) is 22.2. The summed E-state index contributed by atoms with van der Waals surface area (Å²) in [7, 11) is 0. The third-order valence-electron chi connectivity index (χ3n) is 21.9. The van der Waals surface area contributed by atoms with E-state index in [9.17, 15) is 0 Å². The molecule has 0 amide bonds. The number of fused-ring (bicyclic) bond motifs is 10. The normalized spacial score (nSPS) is 59.4. The van der Waals surface area contributed by atoms with Crippen LogP contribution < -0.4 is 0 Å². The highest BCUT2D eigenvalue weighted by Gasteiger charge is 2.65. The molecule has 0 heterocycles. The van der Waals surface area contributed by atoms with Crippen LogP contribution in [0.15, 0.2) is 0 Å². The van der Waals surface area contributed by atoms with Crippen LogP contribution in [0.4, 0.5) is 0 Å².